The Bertz CT molecular complexity index is 406. The molecular weight excluding hydrogens is 234 g/mol. The van der Waals surface area contributed by atoms with Gasteiger partial charge in [-0.2, -0.15) is 0 Å². The van der Waals surface area contributed by atoms with Gasteiger partial charge < -0.3 is 0 Å². The van der Waals surface area contributed by atoms with E-state index in [0.717, 1.165) is 17.3 Å². The Kier molecular flexibility index (Phi) is 2.98. The van der Waals surface area contributed by atoms with E-state index in [0.29, 0.717) is 5.02 Å². The number of nitrogens with zero attached hydrogens (tertiary/aromatic N) is 1. The van der Waals surface area contributed by atoms with Crippen LogP contribution in [0.1, 0.15) is 5.56 Å². The van der Waals surface area contributed by atoms with Crippen molar-refractivity contribution in [3.63, 3.8) is 0 Å². The molecule has 0 radical (unpaired) electrons. The average Bonchev–Trinajstić information content (AvgIpc) is 2.53. The highest BCUT2D eigenvalue weighted by Crippen LogP contribution is 2.24. The largest absolute Gasteiger partial charge is 0.289 e. The molecule has 3 nitrogen and oxygen atoms in total. The lowest BCUT2D eigenvalue weighted by Crippen LogP contribution is -2.27. The van der Waals surface area contributed by atoms with Crippen LogP contribution in [0.2, 0.25) is 5.02 Å². The number of imide groups is 1. The normalized spacial score (nSPS) is 16.2. The number of hydrogen-bond donors (Lipinski definition) is 0. The standard InChI is InChI=1S/C10H8ClNO2S/c11-8-4-2-1-3-7(8)5-12-9(13)6-15-10(12)14/h1-4H,5-6H2. The second kappa shape index (κ2) is 4.24. The van der Waals surface area contributed by atoms with Gasteiger partial charge in [0.2, 0.25) is 5.91 Å². The Morgan fingerprint density at radius 1 is 1.33 bits per heavy atom. The summed E-state index contributed by atoms with van der Waals surface area (Å²) in [6.45, 7) is 0.268. The zero-order chi connectivity index (χ0) is 10.8. The third-order valence-electron chi connectivity index (χ3n) is 2.13. The number of hydrogen-bond acceptors (Lipinski definition) is 3. The van der Waals surface area contributed by atoms with Gasteiger partial charge in [0.05, 0.1) is 12.3 Å². The second-order valence-corrected chi connectivity index (χ2v) is 4.46. The smallest absolute Gasteiger partial charge is 0.273 e. The molecule has 0 bridgehead atoms. The van der Waals surface area contributed by atoms with Gasteiger partial charge >= 0.3 is 0 Å². The van der Waals surface area contributed by atoms with Crippen LogP contribution in [0.5, 0.6) is 0 Å². The van der Waals surface area contributed by atoms with E-state index in [4.69, 9.17) is 11.6 Å². The number of carbonyl (C=O) groups excluding carboxylic acids is 2. The number of thioether (sulfide) groups is 1. The first-order valence-electron chi connectivity index (χ1n) is 4.39. The molecule has 1 fully saturated rings. The molecule has 5 heteroatoms. The molecule has 1 heterocycles. The molecule has 0 N–H and O–H groups in total. The predicted octanol–water partition coefficient (Wildman–Crippen LogP) is 2.54. The topological polar surface area (TPSA) is 37.4 Å². The maximum atomic E-state index is 11.3. The molecule has 0 spiro atoms. The quantitative estimate of drug-likeness (QED) is 0.799. The Morgan fingerprint density at radius 2 is 2.07 bits per heavy atom. The van der Waals surface area contributed by atoms with Crippen LogP contribution < -0.4 is 0 Å². The highest BCUT2D eigenvalue weighted by Gasteiger charge is 2.29. The highest BCUT2D eigenvalue weighted by molar-refractivity contribution is 8.14. The summed E-state index contributed by atoms with van der Waals surface area (Å²) < 4.78 is 0. The van der Waals surface area contributed by atoms with Crippen LogP contribution in [-0.2, 0) is 11.3 Å². The van der Waals surface area contributed by atoms with E-state index in [9.17, 15) is 9.59 Å². The Labute approximate surface area is 96.4 Å². The molecular formula is C10H8ClNO2S. The summed E-state index contributed by atoms with van der Waals surface area (Å²) >= 11 is 6.97. The number of carbonyl (C=O) groups is 2. The molecule has 0 unspecified atom stereocenters. The summed E-state index contributed by atoms with van der Waals surface area (Å²) in [4.78, 5) is 23.9. The van der Waals surface area contributed by atoms with E-state index >= 15 is 0 Å². The van der Waals surface area contributed by atoms with Crippen molar-refractivity contribution in [2.45, 2.75) is 6.54 Å². The van der Waals surface area contributed by atoms with Crippen molar-refractivity contribution < 1.29 is 9.59 Å². The zero-order valence-corrected chi connectivity index (χ0v) is 9.35. The first-order chi connectivity index (χ1) is 7.18. The first-order valence-corrected chi connectivity index (χ1v) is 5.75. The minimum Gasteiger partial charge on any atom is -0.273 e. The maximum Gasteiger partial charge on any atom is 0.289 e. The molecule has 78 valence electrons. The third kappa shape index (κ3) is 2.16. The van der Waals surface area contributed by atoms with Crippen LogP contribution in [0.15, 0.2) is 24.3 Å². The first kappa shape index (κ1) is 10.5. The fourth-order valence-electron chi connectivity index (χ4n) is 1.33. The van der Waals surface area contributed by atoms with E-state index in [1.165, 1.54) is 4.90 Å². The molecule has 0 aliphatic carbocycles. The van der Waals surface area contributed by atoms with Crippen molar-refractivity contribution in [2.75, 3.05) is 5.75 Å². The summed E-state index contributed by atoms with van der Waals surface area (Å²) in [7, 11) is 0. The summed E-state index contributed by atoms with van der Waals surface area (Å²) in [6.07, 6.45) is 0. The van der Waals surface area contributed by atoms with Crippen LogP contribution in [0.4, 0.5) is 4.79 Å². The Balaban J connectivity index is 2.18. The van der Waals surface area contributed by atoms with E-state index < -0.39 is 0 Å². The fraction of sp³-hybridized carbons (Fsp3) is 0.200. The summed E-state index contributed by atoms with van der Waals surface area (Å²) in [5.74, 6) is 0.0911. The van der Waals surface area contributed by atoms with Gasteiger partial charge in [0.1, 0.15) is 0 Å². The van der Waals surface area contributed by atoms with Crippen LogP contribution in [0.3, 0.4) is 0 Å². The molecule has 15 heavy (non-hydrogen) atoms. The lowest BCUT2D eigenvalue weighted by atomic mass is 10.2. The molecule has 0 saturated carbocycles. The number of halogens is 1. The molecule has 0 aromatic heterocycles. The van der Waals surface area contributed by atoms with Gasteiger partial charge in [-0.25, -0.2) is 0 Å². The van der Waals surface area contributed by atoms with Crippen LogP contribution in [-0.4, -0.2) is 21.8 Å². The number of rotatable bonds is 2. The van der Waals surface area contributed by atoms with Crippen molar-refractivity contribution in [3.8, 4) is 0 Å². The number of amides is 2. The van der Waals surface area contributed by atoms with Crippen molar-refractivity contribution in [1.82, 2.24) is 4.90 Å². The predicted molar refractivity (Wildman–Crippen MR) is 59.9 cm³/mol. The van der Waals surface area contributed by atoms with E-state index in [-0.39, 0.29) is 23.4 Å². The van der Waals surface area contributed by atoms with Crippen LogP contribution in [0, 0.1) is 0 Å². The SMILES string of the molecule is O=C1CSC(=O)N1Cc1ccccc1Cl. The van der Waals surface area contributed by atoms with Gasteiger partial charge in [0.15, 0.2) is 0 Å². The minimum atomic E-state index is -0.195. The molecule has 1 aliphatic heterocycles. The molecule has 1 aromatic carbocycles. The van der Waals surface area contributed by atoms with Gasteiger partial charge in [-0.1, -0.05) is 41.6 Å². The molecule has 1 aliphatic rings. The molecule has 2 rings (SSSR count). The second-order valence-electron chi connectivity index (χ2n) is 3.13. The molecule has 2 amide bonds. The molecule has 1 aromatic rings. The van der Waals surface area contributed by atoms with E-state index in [1.807, 2.05) is 18.2 Å². The molecule has 1 saturated heterocycles. The Hall–Kier alpha value is -1.00. The van der Waals surface area contributed by atoms with Crippen molar-refractivity contribution in [1.29, 1.82) is 0 Å². The van der Waals surface area contributed by atoms with Gasteiger partial charge in [-0.15, -0.1) is 0 Å². The van der Waals surface area contributed by atoms with Gasteiger partial charge in [-0.05, 0) is 11.6 Å². The third-order valence-corrected chi connectivity index (χ3v) is 3.35. The lowest BCUT2D eigenvalue weighted by Gasteiger charge is -2.13. The molecule has 0 atom stereocenters. The van der Waals surface area contributed by atoms with E-state index in [2.05, 4.69) is 0 Å². The number of benzene rings is 1. The van der Waals surface area contributed by atoms with Crippen molar-refractivity contribution in [3.05, 3.63) is 34.9 Å². The van der Waals surface area contributed by atoms with Crippen molar-refractivity contribution >= 4 is 34.5 Å². The lowest BCUT2D eigenvalue weighted by molar-refractivity contribution is -0.125. The maximum absolute atomic E-state index is 11.3. The van der Waals surface area contributed by atoms with Gasteiger partial charge in [-0.3, -0.25) is 14.5 Å². The van der Waals surface area contributed by atoms with Gasteiger partial charge in [0.25, 0.3) is 5.24 Å². The average molecular weight is 242 g/mol. The zero-order valence-electron chi connectivity index (χ0n) is 7.77. The van der Waals surface area contributed by atoms with Crippen molar-refractivity contribution in [2.24, 2.45) is 0 Å². The summed E-state index contributed by atoms with van der Waals surface area (Å²) in [6, 6.07) is 7.20. The summed E-state index contributed by atoms with van der Waals surface area (Å²) in [5, 5.41) is 0.384. The fourth-order valence-corrected chi connectivity index (χ4v) is 2.25. The van der Waals surface area contributed by atoms with Crippen LogP contribution in [0.25, 0.3) is 0 Å². The van der Waals surface area contributed by atoms with Gasteiger partial charge in [0, 0.05) is 5.02 Å². The van der Waals surface area contributed by atoms with Crippen LogP contribution >= 0.6 is 23.4 Å². The highest BCUT2D eigenvalue weighted by atomic mass is 35.5. The monoisotopic (exact) mass is 241 g/mol. The minimum absolute atomic E-state index is 0.148. The Morgan fingerprint density at radius 3 is 2.67 bits per heavy atom. The summed E-state index contributed by atoms with van der Waals surface area (Å²) in [5.41, 5.74) is 0.795. The van der Waals surface area contributed by atoms with E-state index in [1.54, 1.807) is 6.07 Å².